The Labute approximate surface area is 79.6 Å². The second-order valence-corrected chi connectivity index (χ2v) is 2.67. The summed E-state index contributed by atoms with van der Waals surface area (Å²) in [6, 6.07) is 3.32. The van der Waals surface area contributed by atoms with Crippen LogP contribution in [0.5, 0.6) is 0 Å². The molecule has 0 saturated heterocycles. The molecule has 0 spiro atoms. The van der Waals surface area contributed by atoms with E-state index in [-0.39, 0.29) is 6.54 Å². The summed E-state index contributed by atoms with van der Waals surface area (Å²) >= 11 is 0. The maximum Gasteiger partial charge on any atom is 0.264 e. The van der Waals surface area contributed by atoms with Gasteiger partial charge in [0.15, 0.2) is 18.2 Å². The van der Waals surface area contributed by atoms with Crippen LogP contribution in [-0.2, 0) is 6.54 Å². The second kappa shape index (κ2) is 3.43. The zero-order chi connectivity index (χ0) is 9.97. The third-order valence-corrected chi connectivity index (χ3v) is 1.67. The summed E-state index contributed by atoms with van der Waals surface area (Å²) in [5, 5.41) is 14.6. The highest BCUT2D eigenvalue weighted by molar-refractivity contribution is 5.49. The van der Waals surface area contributed by atoms with Gasteiger partial charge in [0.05, 0.1) is 6.54 Å². The summed E-state index contributed by atoms with van der Waals surface area (Å²) in [5.74, 6) is 0.719. The van der Waals surface area contributed by atoms with Crippen LogP contribution >= 0.6 is 0 Å². The molecule has 0 unspecified atom stereocenters. The van der Waals surface area contributed by atoms with E-state index < -0.39 is 0 Å². The van der Waals surface area contributed by atoms with E-state index >= 15 is 0 Å². The molecule has 2 rings (SSSR count). The predicted molar refractivity (Wildman–Crippen MR) is 46.6 cm³/mol. The normalized spacial score (nSPS) is 10.4. The van der Waals surface area contributed by atoms with E-state index in [1.807, 2.05) is 0 Å². The molecule has 0 amide bonds. The van der Waals surface area contributed by atoms with Crippen molar-refractivity contribution in [3.63, 3.8) is 0 Å². The van der Waals surface area contributed by atoms with Gasteiger partial charge in [-0.15, -0.1) is 0 Å². The first kappa shape index (κ1) is 8.64. The van der Waals surface area contributed by atoms with Gasteiger partial charge in [0, 0.05) is 6.07 Å². The largest absolute Gasteiger partial charge is 0.619 e. The molecule has 2 N–H and O–H groups in total. The number of rotatable bonds is 2. The Balaban J connectivity index is 2.39. The minimum atomic E-state index is 0.216. The van der Waals surface area contributed by atoms with Crippen molar-refractivity contribution >= 4 is 0 Å². The molecule has 2 heterocycles. The van der Waals surface area contributed by atoms with Crippen molar-refractivity contribution in [2.45, 2.75) is 6.54 Å². The van der Waals surface area contributed by atoms with Gasteiger partial charge in [-0.25, -0.2) is 0 Å². The highest BCUT2D eigenvalue weighted by Crippen LogP contribution is 2.13. The van der Waals surface area contributed by atoms with Gasteiger partial charge >= 0.3 is 0 Å². The summed E-state index contributed by atoms with van der Waals surface area (Å²) < 4.78 is 5.57. The molecule has 2 aromatic rings. The zero-order valence-electron chi connectivity index (χ0n) is 7.25. The number of nitrogens with zero attached hydrogens (tertiary/aromatic N) is 3. The third-order valence-electron chi connectivity index (χ3n) is 1.67. The average molecular weight is 192 g/mol. The molecule has 0 bridgehead atoms. The number of aromatic nitrogens is 3. The maximum absolute atomic E-state index is 10.9. The van der Waals surface area contributed by atoms with Crippen LogP contribution in [-0.4, -0.2) is 10.1 Å². The maximum atomic E-state index is 10.9. The van der Waals surface area contributed by atoms with Crippen molar-refractivity contribution < 1.29 is 9.25 Å². The first-order valence-corrected chi connectivity index (χ1v) is 4.01. The van der Waals surface area contributed by atoms with E-state index in [1.165, 1.54) is 12.4 Å². The minimum absolute atomic E-state index is 0.216. The van der Waals surface area contributed by atoms with Crippen LogP contribution in [0.25, 0.3) is 11.5 Å². The molecule has 0 aliphatic carbocycles. The SMILES string of the molecule is NCc1noc(-c2ccc[n+]([O-])c2)n1. The first-order chi connectivity index (χ1) is 6.79. The molecule has 0 atom stereocenters. The lowest BCUT2D eigenvalue weighted by Crippen LogP contribution is -2.23. The number of nitrogens with two attached hydrogens (primary N) is 1. The van der Waals surface area contributed by atoms with Crippen molar-refractivity contribution in [3.05, 3.63) is 35.6 Å². The van der Waals surface area contributed by atoms with Crippen LogP contribution in [0.3, 0.4) is 0 Å². The van der Waals surface area contributed by atoms with Crippen molar-refractivity contribution in [2.75, 3.05) is 0 Å². The van der Waals surface area contributed by atoms with Crippen molar-refractivity contribution in [2.24, 2.45) is 5.73 Å². The van der Waals surface area contributed by atoms with Crippen LogP contribution < -0.4 is 10.5 Å². The van der Waals surface area contributed by atoms with Gasteiger partial charge in [0.25, 0.3) is 5.89 Å². The Bertz CT molecular complexity index is 440. The fourth-order valence-electron chi connectivity index (χ4n) is 1.04. The molecule has 0 fully saturated rings. The van der Waals surface area contributed by atoms with Gasteiger partial charge in [-0.1, -0.05) is 5.16 Å². The standard InChI is InChI=1S/C8H8N4O2/c9-4-7-10-8(14-11-7)6-2-1-3-12(13)5-6/h1-3,5H,4,9H2. The van der Waals surface area contributed by atoms with Gasteiger partial charge in [-0.05, 0) is 6.07 Å². The molecule has 0 aliphatic heterocycles. The van der Waals surface area contributed by atoms with Crippen molar-refractivity contribution in [1.82, 2.24) is 10.1 Å². The third kappa shape index (κ3) is 1.55. The fourth-order valence-corrected chi connectivity index (χ4v) is 1.04. The van der Waals surface area contributed by atoms with Crippen LogP contribution in [0, 0.1) is 5.21 Å². The summed E-state index contributed by atoms with van der Waals surface area (Å²) in [4.78, 5) is 3.99. The molecule has 0 saturated carbocycles. The van der Waals surface area contributed by atoms with E-state index in [9.17, 15) is 5.21 Å². The predicted octanol–water partition coefficient (Wildman–Crippen LogP) is -0.171. The molecule has 0 aliphatic rings. The van der Waals surface area contributed by atoms with Crippen molar-refractivity contribution in [3.8, 4) is 11.5 Å². The van der Waals surface area contributed by atoms with Gasteiger partial charge in [-0.3, -0.25) is 0 Å². The minimum Gasteiger partial charge on any atom is -0.619 e. The molecule has 72 valence electrons. The lowest BCUT2D eigenvalue weighted by Gasteiger charge is -1.95. The Kier molecular flexibility index (Phi) is 2.11. The molecular weight excluding hydrogens is 184 g/mol. The van der Waals surface area contributed by atoms with Crippen LogP contribution in [0.15, 0.2) is 29.0 Å². The van der Waals surface area contributed by atoms with Gasteiger partial charge in [-0.2, -0.15) is 9.71 Å². The second-order valence-electron chi connectivity index (χ2n) is 2.67. The van der Waals surface area contributed by atoms with E-state index in [0.717, 1.165) is 0 Å². The smallest absolute Gasteiger partial charge is 0.264 e. The highest BCUT2D eigenvalue weighted by Gasteiger charge is 2.09. The van der Waals surface area contributed by atoms with Gasteiger partial charge in [0.1, 0.15) is 5.56 Å². The van der Waals surface area contributed by atoms with E-state index in [2.05, 4.69) is 10.1 Å². The molecule has 14 heavy (non-hydrogen) atoms. The molecule has 2 aromatic heterocycles. The quantitative estimate of drug-likeness (QED) is 0.526. The number of pyridine rings is 1. The summed E-state index contributed by atoms with van der Waals surface area (Å²) in [7, 11) is 0. The molecule has 6 nitrogen and oxygen atoms in total. The lowest BCUT2D eigenvalue weighted by atomic mass is 10.3. The Morgan fingerprint density at radius 2 is 2.43 bits per heavy atom. The zero-order valence-corrected chi connectivity index (χ0v) is 7.25. The van der Waals surface area contributed by atoms with E-state index in [0.29, 0.717) is 22.0 Å². The first-order valence-electron chi connectivity index (χ1n) is 4.01. The van der Waals surface area contributed by atoms with Gasteiger partial charge < -0.3 is 15.5 Å². The summed E-state index contributed by atoms with van der Waals surface area (Å²) in [6.45, 7) is 0.216. The van der Waals surface area contributed by atoms with Gasteiger partial charge in [0.2, 0.25) is 0 Å². The monoisotopic (exact) mass is 192 g/mol. The number of hydrogen-bond donors (Lipinski definition) is 1. The number of hydrogen-bond acceptors (Lipinski definition) is 5. The average Bonchev–Trinajstić information content (AvgIpc) is 2.66. The topological polar surface area (TPSA) is 91.9 Å². The Hall–Kier alpha value is -1.95. The molecular formula is C8H8N4O2. The lowest BCUT2D eigenvalue weighted by molar-refractivity contribution is -0.604. The molecule has 0 radical (unpaired) electrons. The fraction of sp³-hybridized carbons (Fsp3) is 0.125. The molecule has 6 heteroatoms. The Morgan fingerprint density at radius 1 is 1.57 bits per heavy atom. The van der Waals surface area contributed by atoms with Crippen LogP contribution in [0.4, 0.5) is 0 Å². The van der Waals surface area contributed by atoms with E-state index in [1.54, 1.807) is 12.1 Å². The summed E-state index contributed by atoms with van der Waals surface area (Å²) in [5.41, 5.74) is 5.90. The Morgan fingerprint density at radius 3 is 3.07 bits per heavy atom. The summed E-state index contributed by atoms with van der Waals surface area (Å²) in [6.07, 6.45) is 2.73. The van der Waals surface area contributed by atoms with Crippen LogP contribution in [0.1, 0.15) is 5.82 Å². The van der Waals surface area contributed by atoms with Crippen molar-refractivity contribution in [1.29, 1.82) is 0 Å². The molecule has 0 aromatic carbocycles. The highest BCUT2D eigenvalue weighted by atomic mass is 16.5. The van der Waals surface area contributed by atoms with Crippen LogP contribution in [0.2, 0.25) is 0 Å². The van der Waals surface area contributed by atoms with E-state index in [4.69, 9.17) is 10.3 Å².